The van der Waals surface area contributed by atoms with E-state index in [0.717, 1.165) is 51.4 Å². The molecular formula is C73H139NO5. The third kappa shape index (κ3) is 65.1. The van der Waals surface area contributed by atoms with Gasteiger partial charge in [-0.25, -0.2) is 0 Å². The molecule has 0 heterocycles. The summed E-state index contributed by atoms with van der Waals surface area (Å²) >= 11 is 0. The van der Waals surface area contributed by atoms with E-state index in [1.807, 2.05) is 6.08 Å². The summed E-state index contributed by atoms with van der Waals surface area (Å²) in [5, 5.41) is 23.1. The molecule has 79 heavy (non-hydrogen) atoms. The topological polar surface area (TPSA) is 95.9 Å². The van der Waals surface area contributed by atoms with Crippen LogP contribution >= 0.6 is 0 Å². The molecule has 0 saturated heterocycles. The van der Waals surface area contributed by atoms with E-state index in [-0.39, 0.29) is 18.5 Å². The van der Waals surface area contributed by atoms with Gasteiger partial charge in [0.2, 0.25) is 5.91 Å². The van der Waals surface area contributed by atoms with Crippen LogP contribution in [0.2, 0.25) is 0 Å². The lowest BCUT2D eigenvalue weighted by Crippen LogP contribution is -2.45. The van der Waals surface area contributed by atoms with Crippen molar-refractivity contribution in [1.29, 1.82) is 0 Å². The predicted octanol–water partition coefficient (Wildman–Crippen LogP) is 23.1. The minimum absolute atomic E-state index is 0.00863. The van der Waals surface area contributed by atoms with Crippen LogP contribution < -0.4 is 5.32 Å². The van der Waals surface area contributed by atoms with E-state index in [1.165, 1.54) is 315 Å². The number of carbonyl (C=O) groups is 2. The minimum atomic E-state index is -0.839. The van der Waals surface area contributed by atoms with Crippen LogP contribution in [0.4, 0.5) is 0 Å². The van der Waals surface area contributed by atoms with Gasteiger partial charge in [0.05, 0.1) is 25.4 Å². The largest absolute Gasteiger partial charge is 0.466 e. The zero-order valence-corrected chi connectivity index (χ0v) is 53.4. The number of amides is 1. The fourth-order valence-electron chi connectivity index (χ4n) is 11.2. The Bertz CT molecular complexity index is 1280. The van der Waals surface area contributed by atoms with Crippen molar-refractivity contribution in [3.05, 3.63) is 36.5 Å². The lowest BCUT2D eigenvalue weighted by molar-refractivity contribution is -0.143. The number of allylic oxidation sites excluding steroid dienone is 5. The maximum Gasteiger partial charge on any atom is 0.305 e. The number of rotatable bonds is 67. The Balaban J connectivity index is 3.29. The molecule has 0 bridgehead atoms. The molecule has 0 aliphatic carbocycles. The fourth-order valence-corrected chi connectivity index (χ4v) is 11.2. The predicted molar refractivity (Wildman–Crippen MR) is 347 cm³/mol. The molecule has 0 rings (SSSR count). The molecule has 466 valence electrons. The van der Waals surface area contributed by atoms with Crippen LogP contribution in [0, 0.1) is 0 Å². The summed E-state index contributed by atoms with van der Waals surface area (Å²) in [6, 6.07) is -0.622. The Kier molecular flexibility index (Phi) is 66.9. The van der Waals surface area contributed by atoms with E-state index in [9.17, 15) is 19.8 Å². The highest BCUT2D eigenvalue weighted by Crippen LogP contribution is 2.19. The Labute approximate surface area is 494 Å². The molecule has 3 N–H and O–H groups in total. The Morgan fingerprint density at radius 2 is 0.646 bits per heavy atom. The highest BCUT2D eigenvalue weighted by molar-refractivity contribution is 5.76. The van der Waals surface area contributed by atoms with Gasteiger partial charge in [-0.2, -0.15) is 0 Å². The molecule has 6 heteroatoms. The number of aliphatic hydroxyl groups is 2. The average molecular weight is 1110 g/mol. The summed E-state index contributed by atoms with van der Waals surface area (Å²) in [5.41, 5.74) is 0. The first-order chi connectivity index (χ1) is 39.0. The zero-order valence-electron chi connectivity index (χ0n) is 53.4. The first-order valence-electron chi connectivity index (χ1n) is 35.8. The van der Waals surface area contributed by atoms with Gasteiger partial charge in [-0.1, -0.05) is 359 Å². The number of esters is 1. The molecule has 0 fully saturated rings. The van der Waals surface area contributed by atoms with Gasteiger partial charge in [-0.15, -0.1) is 0 Å². The molecule has 0 aromatic rings. The number of carbonyl (C=O) groups excluding carboxylic acids is 2. The second-order valence-electron chi connectivity index (χ2n) is 24.6. The van der Waals surface area contributed by atoms with E-state index >= 15 is 0 Å². The Hall–Kier alpha value is -1.92. The first kappa shape index (κ1) is 77.1. The van der Waals surface area contributed by atoms with Crippen molar-refractivity contribution in [2.24, 2.45) is 0 Å². The molecule has 0 aromatic carbocycles. The van der Waals surface area contributed by atoms with Crippen molar-refractivity contribution in [3.63, 3.8) is 0 Å². The molecule has 0 saturated carbocycles. The summed E-state index contributed by atoms with van der Waals surface area (Å²) in [5.74, 6) is -0.0534. The number of hydrogen-bond donors (Lipinski definition) is 3. The quantitative estimate of drug-likeness (QED) is 0.0320. The lowest BCUT2D eigenvalue weighted by Gasteiger charge is -2.20. The van der Waals surface area contributed by atoms with Crippen molar-refractivity contribution < 1.29 is 24.5 Å². The highest BCUT2D eigenvalue weighted by Gasteiger charge is 2.18. The third-order valence-corrected chi connectivity index (χ3v) is 16.7. The van der Waals surface area contributed by atoms with Gasteiger partial charge in [0.1, 0.15) is 0 Å². The summed E-state index contributed by atoms with van der Waals surface area (Å²) in [4.78, 5) is 24.5. The van der Waals surface area contributed by atoms with Crippen LogP contribution in [0.25, 0.3) is 0 Å². The van der Waals surface area contributed by atoms with Crippen molar-refractivity contribution in [1.82, 2.24) is 5.32 Å². The van der Waals surface area contributed by atoms with E-state index < -0.39 is 12.1 Å². The summed E-state index contributed by atoms with van der Waals surface area (Å²) in [6.07, 6.45) is 88.3. The van der Waals surface area contributed by atoms with Crippen molar-refractivity contribution in [2.45, 2.75) is 405 Å². The highest BCUT2D eigenvalue weighted by atomic mass is 16.5. The molecule has 0 radical (unpaired) electrons. The number of hydrogen-bond acceptors (Lipinski definition) is 5. The smallest absolute Gasteiger partial charge is 0.305 e. The van der Waals surface area contributed by atoms with Crippen LogP contribution in [-0.4, -0.2) is 47.4 Å². The standard InChI is InChI=1S/C73H139NO5/c1-3-5-7-9-11-13-15-16-43-47-51-55-59-63-67-73(78)79-68-64-60-56-52-48-44-41-39-37-35-33-31-29-27-25-23-21-19-17-18-20-22-24-26-28-30-32-34-36-38-40-42-46-50-54-58-62-66-72(77)74-70(69-75)71(76)65-61-57-53-49-45-14-12-10-8-6-4-2/h9,11,15-16,61,65,70-71,75-76H,3-8,10,12-14,17-60,62-64,66-69H2,1-2H3,(H,74,77)/b11-9-,16-15-,65-61+. The SMILES string of the molecule is CCCC/C=C\C/C=C\CCCCCCCC(=O)OCCCCCCCCCCCCCCCCCCCCCCCCCCCCCCCCCCCCCCCC(=O)NC(CO)C(O)/C=C/CCCCCCCCCCC. The van der Waals surface area contributed by atoms with Crippen molar-refractivity contribution in [3.8, 4) is 0 Å². The van der Waals surface area contributed by atoms with Gasteiger partial charge >= 0.3 is 5.97 Å². The summed E-state index contributed by atoms with van der Waals surface area (Å²) < 4.78 is 5.49. The second kappa shape index (κ2) is 68.6. The molecular weight excluding hydrogens is 971 g/mol. The van der Waals surface area contributed by atoms with Crippen LogP contribution in [0.5, 0.6) is 0 Å². The van der Waals surface area contributed by atoms with Gasteiger partial charge in [-0.05, 0) is 57.8 Å². The molecule has 0 aliphatic rings. The zero-order chi connectivity index (χ0) is 57.1. The van der Waals surface area contributed by atoms with Crippen molar-refractivity contribution >= 4 is 11.9 Å². The Morgan fingerprint density at radius 3 is 1.00 bits per heavy atom. The van der Waals surface area contributed by atoms with E-state index in [1.54, 1.807) is 6.08 Å². The van der Waals surface area contributed by atoms with Crippen LogP contribution in [0.15, 0.2) is 36.5 Å². The third-order valence-electron chi connectivity index (χ3n) is 16.7. The summed E-state index contributed by atoms with van der Waals surface area (Å²) in [7, 11) is 0. The van der Waals surface area contributed by atoms with E-state index in [0.29, 0.717) is 19.4 Å². The maximum absolute atomic E-state index is 12.4. The molecule has 0 spiro atoms. The van der Waals surface area contributed by atoms with Crippen molar-refractivity contribution in [2.75, 3.05) is 13.2 Å². The van der Waals surface area contributed by atoms with Gasteiger partial charge in [0.25, 0.3) is 0 Å². The first-order valence-corrected chi connectivity index (χ1v) is 35.8. The molecule has 0 aliphatic heterocycles. The molecule has 1 amide bonds. The number of ether oxygens (including phenoxy) is 1. The molecule has 2 atom stereocenters. The summed E-state index contributed by atoms with van der Waals surface area (Å²) in [6.45, 7) is 4.87. The molecule has 6 nitrogen and oxygen atoms in total. The van der Waals surface area contributed by atoms with Gasteiger partial charge in [0, 0.05) is 12.8 Å². The number of aliphatic hydroxyl groups excluding tert-OH is 2. The minimum Gasteiger partial charge on any atom is -0.466 e. The lowest BCUT2D eigenvalue weighted by atomic mass is 10.0. The van der Waals surface area contributed by atoms with Gasteiger partial charge in [0.15, 0.2) is 0 Å². The van der Waals surface area contributed by atoms with Gasteiger partial charge in [-0.3, -0.25) is 9.59 Å². The van der Waals surface area contributed by atoms with Gasteiger partial charge < -0.3 is 20.3 Å². The molecule has 2 unspecified atom stereocenters. The monoisotopic (exact) mass is 1110 g/mol. The Morgan fingerprint density at radius 1 is 0.354 bits per heavy atom. The molecule has 0 aromatic heterocycles. The maximum atomic E-state index is 12.4. The normalized spacial score (nSPS) is 12.7. The van der Waals surface area contributed by atoms with E-state index in [4.69, 9.17) is 4.74 Å². The van der Waals surface area contributed by atoms with E-state index in [2.05, 4.69) is 43.5 Å². The average Bonchev–Trinajstić information content (AvgIpc) is 3.45. The second-order valence-corrected chi connectivity index (χ2v) is 24.6. The number of nitrogens with one attached hydrogen (secondary N) is 1. The van der Waals surface area contributed by atoms with Crippen LogP contribution in [0.3, 0.4) is 0 Å². The van der Waals surface area contributed by atoms with Crippen LogP contribution in [-0.2, 0) is 14.3 Å². The van der Waals surface area contributed by atoms with Crippen LogP contribution in [0.1, 0.15) is 393 Å². The number of unbranched alkanes of at least 4 members (excludes halogenated alkanes) is 52. The fraction of sp³-hybridized carbons (Fsp3) is 0.890.